The van der Waals surface area contributed by atoms with E-state index in [4.69, 9.17) is 18.4 Å². The maximum Gasteiger partial charge on any atom is 0.534 e. The predicted octanol–water partition coefficient (Wildman–Crippen LogP) is 7.76. The minimum Gasteiger partial charge on any atom is -0.467 e. The average Bonchev–Trinajstić information content (AvgIpc) is 2.94. The van der Waals surface area contributed by atoms with Gasteiger partial charge in [0.15, 0.2) is 12.5 Å². The molecular formula is C32H35F3O7S. The molecular weight excluding hydrogens is 585 g/mol. The second-order valence-corrected chi connectivity index (χ2v) is 13.2. The fraction of sp³-hybridized carbons (Fsp3) is 0.406. The monoisotopic (exact) mass is 620 g/mol. The van der Waals surface area contributed by atoms with E-state index in [1.165, 1.54) is 19.2 Å². The standard InChI is InChI=1S/C32H35F3O7S/c1-7-40-29(36)21-10-8-20(9-11-21)22-12-13-27(42-43(37,38)32(33,34)35)23(16-22)24-17-25-26(18-28(24)41-19-39-6)31(4,5)15-14-30(25,2)3/h8-13,16-18H,7,14-15,19H2,1-6H3. The minimum absolute atomic E-state index is 0.0767. The third kappa shape index (κ3) is 6.67. The van der Waals surface area contributed by atoms with Crippen LogP contribution in [0.2, 0.25) is 0 Å². The molecule has 0 saturated heterocycles. The van der Waals surface area contributed by atoms with Crippen LogP contribution in [0, 0.1) is 0 Å². The molecule has 0 aliphatic heterocycles. The zero-order valence-corrected chi connectivity index (χ0v) is 25.7. The number of benzene rings is 3. The Morgan fingerprint density at radius 1 is 0.837 bits per heavy atom. The van der Waals surface area contributed by atoms with Gasteiger partial charge < -0.3 is 18.4 Å². The van der Waals surface area contributed by atoms with Crippen molar-refractivity contribution in [3.63, 3.8) is 0 Å². The van der Waals surface area contributed by atoms with Crippen molar-refractivity contribution in [1.29, 1.82) is 0 Å². The molecule has 43 heavy (non-hydrogen) atoms. The lowest BCUT2D eigenvalue weighted by Gasteiger charge is -2.42. The molecule has 7 nitrogen and oxygen atoms in total. The summed E-state index contributed by atoms with van der Waals surface area (Å²) in [5.74, 6) is -0.704. The van der Waals surface area contributed by atoms with E-state index in [0.717, 1.165) is 24.0 Å². The van der Waals surface area contributed by atoms with Crippen LogP contribution in [0.5, 0.6) is 11.5 Å². The van der Waals surface area contributed by atoms with Crippen LogP contribution in [0.25, 0.3) is 22.3 Å². The zero-order valence-electron chi connectivity index (χ0n) is 24.9. The van der Waals surface area contributed by atoms with Crippen molar-refractivity contribution in [2.75, 3.05) is 20.5 Å². The molecule has 1 aliphatic rings. The molecule has 0 N–H and O–H groups in total. The number of carbonyl (C=O) groups excluding carboxylic acids is 1. The van der Waals surface area contributed by atoms with Gasteiger partial charge in [0.25, 0.3) is 0 Å². The maximum absolute atomic E-state index is 13.4. The molecule has 3 aromatic carbocycles. The van der Waals surface area contributed by atoms with Crippen molar-refractivity contribution in [2.45, 2.75) is 63.8 Å². The molecule has 0 atom stereocenters. The number of halogens is 3. The van der Waals surface area contributed by atoms with Crippen molar-refractivity contribution in [2.24, 2.45) is 0 Å². The van der Waals surface area contributed by atoms with Gasteiger partial charge in [-0.05, 0) is 89.2 Å². The van der Waals surface area contributed by atoms with Gasteiger partial charge in [-0.1, -0.05) is 45.9 Å². The Balaban J connectivity index is 1.97. The molecule has 0 bridgehead atoms. The van der Waals surface area contributed by atoms with Gasteiger partial charge >= 0.3 is 21.6 Å². The first kappa shape index (κ1) is 32.3. The van der Waals surface area contributed by atoms with E-state index >= 15 is 0 Å². The average molecular weight is 621 g/mol. The quantitative estimate of drug-likeness (QED) is 0.105. The number of ether oxygens (including phenoxy) is 3. The Hall–Kier alpha value is -3.57. The Kier molecular flexibility index (Phi) is 8.91. The van der Waals surface area contributed by atoms with Crippen LogP contribution < -0.4 is 8.92 Å². The van der Waals surface area contributed by atoms with Crippen molar-refractivity contribution in [3.8, 4) is 33.8 Å². The highest BCUT2D eigenvalue weighted by atomic mass is 32.2. The molecule has 0 spiro atoms. The summed E-state index contributed by atoms with van der Waals surface area (Å²) in [6, 6.07) is 14.4. The molecule has 1 aliphatic carbocycles. The largest absolute Gasteiger partial charge is 0.534 e. The summed E-state index contributed by atoms with van der Waals surface area (Å²) in [5, 5.41) is 0. The third-order valence-corrected chi connectivity index (χ3v) is 8.73. The van der Waals surface area contributed by atoms with Gasteiger partial charge in [-0.25, -0.2) is 4.79 Å². The van der Waals surface area contributed by atoms with E-state index in [1.54, 1.807) is 37.3 Å². The highest BCUT2D eigenvalue weighted by Crippen LogP contribution is 2.51. The highest BCUT2D eigenvalue weighted by molar-refractivity contribution is 7.88. The number of methoxy groups -OCH3 is 1. The topological polar surface area (TPSA) is 88.1 Å². The fourth-order valence-electron chi connectivity index (χ4n) is 5.22. The second kappa shape index (κ2) is 11.8. The van der Waals surface area contributed by atoms with E-state index in [2.05, 4.69) is 27.7 Å². The molecule has 0 heterocycles. The summed E-state index contributed by atoms with van der Waals surface area (Å²) < 4.78 is 85.4. The first-order chi connectivity index (χ1) is 20.0. The maximum atomic E-state index is 13.4. The normalized spacial score (nSPS) is 15.8. The Labute approximate surface area is 250 Å². The van der Waals surface area contributed by atoms with Gasteiger partial charge in [0.2, 0.25) is 0 Å². The number of hydrogen-bond acceptors (Lipinski definition) is 7. The fourth-order valence-corrected chi connectivity index (χ4v) is 5.69. The summed E-state index contributed by atoms with van der Waals surface area (Å²) in [6.07, 6.45) is 1.77. The lowest BCUT2D eigenvalue weighted by molar-refractivity contribution is -0.0499. The molecule has 0 radical (unpaired) electrons. The van der Waals surface area contributed by atoms with Crippen LogP contribution in [0.1, 0.15) is 68.9 Å². The highest BCUT2D eigenvalue weighted by Gasteiger charge is 2.49. The summed E-state index contributed by atoms with van der Waals surface area (Å²) >= 11 is 0. The lowest BCUT2D eigenvalue weighted by atomic mass is 9.62. The SMILES string of the molecule is CCOC(=O)c1ccc(-c2ccc(OS(=O)(=O)C(F)(F)F)c(-c3cc4c(cc3OCOC)C(C)(C)CCC4(C)C)c2)cc1. The minimum atomic E-state index is -5.98. The number of carbonyl (C=O) groups is 1. The molecule has 0 fully saturated rings. The molecule has 0 saturated carbocycles. The Morgan fingerprint density at radius 2 is 1.40 bits per heavy atom. The summed E-state index contributed by atoms with van der Waals surface area (Å²) in [4.78, 5) is 12.1. The van der Waals surface area contributed by atoms with Gasteiger partial charge in [0.1, 0.15) is 5.75 Å². The second-order valence-electron chi connectivity index (χ2n) is 11.7. The Bertz CT molecular complexity index is 1610. The molecule has 0 unspecified atom stereocenters. The van der Waals surface area contributed by atoms with Crippen LogP contribution in [0.4, 0.5) is 13.2 Å². The van der Waals surface area contributed by atoms with E-state index < -0.39 is 27.3 Å². The van der Waals surface area contributed by atoms with E-state index in [9.17, 15) is 26.4 Å². The van der Waals surface area contributed by atoms with Gasteiger partial charge in [-0.2, -0.15) is 21.6 Å². The van der Waals surface area contributed by atoms with Crippen molar-refractivity contribution in [3.05, 3.63) is 71.3 Å². The van der Waals surface area contributed by atoms with Crippen molar-refractivity contribution >= 4 is 16.1 Å². The van der Waals surface area contributed by atoms with E-state index in [1.807, 2.05) is 12.1 Å². The number of hydrogen-bond donors (Lipinski definition) is 0. The molecule has 3 aromatic rings. The zero-order chi connectivity index (χ0) is 31.8. The van der Waals surface area contributed by atoms with E-state index in [-0.39, 0.29) is 29.8 Å². The van der Waals surface area contributed by atoms with Crippen molar-refractivity contribution in [1.82, 2.24) is 0 Å². The molecule has 11 heteroatoms. The first-order valence-electron chi connectivity index (χ1n) is 13.7. The third-order valence-electron chi connectivity index (χ3n) is 7.77. The molecule has 0 amide bonds. The van der Waals surface area contributed by atoms with Gasteiger partial charge in [-0.15, -0.1) is 0 Å². The summed E-state index contributed by atoms with van der Waals surface area (Å²) in [6.45, 7) is 10.2. The van der Waals surface area contributed by atoms with Crippen molar-refractivity contribution < 1.29 is 44.8 Å². The molecule has 0 aromatic heterocycles. The Morgan fingerprint density at radius 3 is 1.95 bits per heavy atom. The van der Waals surface area contributed by atoms with Crippen LogP contribution in [-0.2, 0) is 30.4 Å². The molecule has 4 rings (SSSR count). The van der Waals surface area contributed by atoms with Crippen LogP contribution >= 0.6 is 0 Å². The number of rotatable bonds is 9. The predicted molar refractivity (Wildman–Crippen MR) is 157 cm³/mol. The number of fused-ring (bicyclic) bond motifs is 1. The summed E-state index contributed by atoms with van der Waals surface area (Å²) in [5.41, 5.74) is -2.22. The van der Waals surface area contributed by atoms with Gasteiger partial charge in [0, 0.05) is 18.2 Å². The van der Waals surface area contributed by atoms with Crippen LogP contribution in [0.3, 0.4) is 0 Å². The molecule has 232 valence electrons. The van der Waals surface area contributed by atoms with Gasteiger partial charge in [0.05, 0.1) is 12.2 Å². The van der Waals surface area contributed by atoms with Crippen LogP contribution in [-0.4, -0.2) is 40.4 Å². The van der Waals surface area contributed by atoms with Gasteiger partial charge in [-0.3, -0.25) is 0 Å². The van der Waals surface area contributed by atoms with E-state index in [0.29, 0.717) is 28.0 Å². The summed E-state index contributed by atoms with van der Waals surface area (Å²) in [7, 11) is -4.54. The van der Waals surface area contributed by atoms with Crippen LogP contribution in [0.15, 0.2) is 54.6 Å². The lowest BCUT2D eigenvalue weighted by Crippen LogP contribution is -2.34. The smallest absolute Gasteiger partial charge is 0.467 e. The first-order valence-corrected chi connectivity index (χ1v) is 15.1. The number of alkyl halides is 3. The number of esters is 1.